The lowest BCUT2D eigenvalue weighted by atomic mass is 9.56. The van der Waals surface area contributed by atoms with Gasteiger partial charge in [-0.15, -0.1) is 23.2 Å². The van der Waals surface area contributed by atoms with E-state index in [0.29, 0.717) is 19.6 Å². The number of amides is 4. The highest BCUT2D eigenvalue weighted by Crippen LogP contribution is 2.66. The third-order valence-electron chi connectivity index (χ3n) is 9.77. The van der Waals surface area contributed by atoms with Crippen LogP contribution in [0.1, 0.15) is 24.3 Å². The van der Waals surface area contributed by atoms with Gasteiger partial charge >= 0.3 is 11.4 Å². The molecule has 48 heavy (non-hydrogen) atoms. The van der Waals surface area contributed by atoms with Crippen molar-refractivity contribution < 1.29 is 38.9 Å². The van der Waals surface area contributed by atoms with Crippen molar-refractivity contribution in [1.82, 2.24) is 4.90 Å². The average Bonchev–Trinajstić information content (AvgIpc) is 3.36. The minimum Gasteiger partial charge on any atom is -0.504 e. The van der Waals surface area contributed by atoms with Gasteiger partial charge in [0.25, 0.3) is 11.8 Å². The number of phenolic OH excluding ortho intramolecular Hbond substituents is 1. The monoisotopic (exact) mass is 813 g/mol. The van der Waals surface area contributed by atoms with E-state index in [1.807, 2.05) is 22.6 Å². The van der Waals surface area contributed by atoms with Crippen molar-refractivity contribution >= 4 is 92.2 Å². The van der Waals surface area contributed by atoms with Crippen molar-refractivity contribution in [2.24, 2.45) is 17.8 Å². The van der Waals surface area contributed by atoms with Gasteiger partial charge in [0.05, 0.1) is 38.0 Å². The number of anilines is 2. The predicted molar refractivity (Wildman–Crippen MR) is 179 cm³/mol. The molecule has 18 heteroatoms. The number of allylic oxidation sites excluding steroid dienone is 2. The summed E-state index contributed by atoms with van der Waals surface area (Å²) in [5.41, 5.74) is -1.22. The Morgan fingerprint density at radius 2 is 1.60 bits per heavy atom. The molecule has 4 amide bonds. The van der Waals surface area contributed by atoms with E-state index >= 15 is 0 Å². The molecule has 2 heterocycles. The molecule has 6 atom stereocenters. The third kappa shape index (κ3) is 4.37. The first kappa shape index (κ1) is 33.9. The Labute approximate surface area is 295 Å². The van der Waals surface area contributed by atoms with Crippen molar-refractivity contribution in [2.75, 3.05) is 38.1 Å². The van der Waals surface area contributed by atoms with Crippen LogP contribution in [0, 0.1) is 41.6 Å². The molecule has 4 aliphatic rings. The lowest BCUT2D eigenvalue weighted by Gasteiger charge is -2.50. The normalized spacial score (nSPS) is 29.4. The number of nitro groups is 2. The van der Waals surface area contributed by atoms with Crippen LogP contribution in [-0.4, -0.2) is 81.5 Å². The number of likely N-dealkylation sites (tertiary alicyclic amines) is 1. The van der Waals surface area contributed by atoms with Crippen LogP contribution in [0.15, 0.2) is 35.9 Å². The number of alkyl halides is 2. The molecule has 15 nitrogen and oxygen atoms in total. The largest absolute Gasteiger partial charge is 0.504 e. The van der Waals surface area contributed by atoms with Crippen LogP contribution < -0.4 is 14.5 Å². The summed E-state index contributed by atoms with van der Waals surface area (Å²) in [4.78, 5) is 76.8. The van der Waals surface area contributed by atoms with Gasteiger partial charge in [-0.1, -0.05) is 11.6 Å². The zero-order chi connectivity index (χ0) is 35.4. The molecule has 6 rings (SSSR count). The van der Waals surface area contributed by atoms with Crippen molar-refractivity contribution in [2.45, 2.75) is 28.5 Å². The van der Waals surface area contributed by atoms with Gasteiger partial charge in [-0.2, -0.15) is 0 Å². The molecular formula is C30H26Cl2IN5O10. The Hall–Kier alpha value is -4.03. The number of carbonyl (C=O) groups is 4. The number of benzene rings is 2. The number of rotatable bonds is 6. The highest BCUT2D eigenvalue weighted by atomic mass is 127. The Bertz CT molecular complexity index is 1890. The first-order chi connectivity index (χ1) is 22.4. The van der Waals surface area contributed by atoms with Crippen molar-refractivity contribution in [3.8, 4) is 11.5 Å². The van der Waals surface area contributed by atoms with Crippen LogP contribution in [0.25, 0.3) is 0 Å². The molecular weight excluding hydrogens is 788 g/mol. The average molecular weight is 814 g/mol. The number of halogens is 3. The molecule has 0 aromatic heterocycles. The van der Waals surface area contributed by atoms with Crippen molar-refractivity contribution in [3.63, 3.8) is 0 Å². The lowest BCUT2D eigenvalue weighted by Crippen LogP contribution is -2.60. The fraction of sp³-hybridized carbons (Fsp3) is 0.400. The SMILES string of the molecule is COc1cc(C2C3=CCC4C(=O)N(c5cc([N+](=O)[O-])c(N(C)C)c([N+](=O)[O-])c5)C(=O)C4C3CC3(Cl)C(=O)N(C)C(=O)C23Cl)cc(I)c1O. The van der Waals surface area contributed by atoms with Crippen LogP contribution in [0.4, 0.5) is 22.7 Å². The second-order valence-corrected chi connectivity index (χ2v) is 14.7. The second kappa shape index (κ2) is 11.3. The Balaban J connectivity index is 1.53. The van der Waals surface area contributed by atoms with E-state index in [0.717, 1.165) is 17.0 Å². The highest BCUT2D eigenvalue weighted by Gasteiger charge is 2.76. The number of carbonyl (C=O) groups excluding carboxylic acids is 4. The number of nitro benzene ring substituents is 2. The maximum absolute atomic E-state index is 14.4. The van der Waals surface area contributed by atoms with Gasteiger partial charge in [0.2, 0.25) is 11.8 Å². The summed E-state index contributed by atoms with van der Waals surface area (Å²) in [5, 5.41) is 34.6. The zero-order valence-corrected chi connectivity index (χ0v) is 29.3. The van der Waals surface area contributed by atoms with Crippen LogP contribution in [-0.2, 0) is 19.2 Å². The molecule has 0 spiro atoms. The van der Waals surface area contributed by atoms with Crippen molar-refractivity contribution in [3.05, 3.63) is 65.3 Å². The summed E-state index contributed by atoms with van der Waals surface area (Å²) in [6.45, 7) is 0. The lowest BCUT2D eigenvalue weighted by molar-refractivity contribution is -0.392. The summed E-state index contributed by atoms with van der Waals surface area (Å²) in [6, 6.07) is 4.92. The predicted octanol–water partition coefficient (Wildman–Crippen LogP) is 4.08. The van der Waals surface area contributed by atoms with Gasteiger partial charge in [0, 0.05) is 39.2 Å². The second-order valence-electron chi connectivity index (χ2n) is 12.3. The Kier molecular flexibility index (Phi) is 7.95. The summed E-state index contributed by atoms with van der Waals surface area (Å²) < 4.78 is 5.69. The van der Waals surface area contributed by atoms with E-state index in [1.165, 1.54) is 39.2 Å². The third-order valence-corrected chi connectivity index (χ3v) is 12.0. The van der Waals surface area contributed by atoms with E-state index < -0.39 is 78.3 Å². The molecule has 2 aliphatic carbocycles. The molecule has 2 aromatic rings. The number of fused-ring (bicyclic) bond motifs is 4. The minimum absolute atomic E-state index is 0.0133. The number of ether oxygens (including phenoxy) is 1. The molecule has 1 saturated carbocycles. The first-order valence-corrected chi connectivity index (χ1v) is 16.2. The molecule has 2 saturated heterocycles. The topological polar surface area (TPSA) is 194 Å². The molecule has 0 bridgehead atoms. The molecule has 252 valence electrons. The molecule has 3 fully saturated rings. The summed E-state index contributed by atoms with van der Waals surface area (Å²) in [7, 11) is 5.36. The summed E-state index contributed by atoms with van der Waals surface area (Å²) >= 11 is 16.2. The van der Waals surface area contributed by atoms with Gasteiger partial charge in [0.15, 0.2) is 26.9 Å². The molecule has 0 radical (unpaired) electrons. The number of imide groups is 2. The van der Waals surface area contributed by atoms with Gasteiger partial charge < -0.3 is 14.7 Å². The van der Waals surface area contributed by atoms with E-state index in [1.54, 1.807) is 12.1 Å². The van der Waals surface area contributed by atoms with E-state index in [4.69, 9.17) is 27.9 Å². The van der Waals surface area contributed by atoms with Gasteiger partial charge in [-0.3, -0.25) is 44.3 Å². The quantitative estimate of drug-likeness (QED) is 0.110. The molecule has 1 N–H and O–H groups in total. The van der Waals surface area contributed by atoms with Crippen LogP contribution >= 0.6 is 45.8 Å². The number of hydrogen-bond acceptors (Lipinski definition) is 11. The van der Waals surface area contributed by atoms with Crippen LogP contribution in [0.3, 0.4) is 0 Å². The summed E-state index contributed by atoms with van der Waals surface area (Å²) in [6.07, 6.45) is 1.37. The Morgan fingerprint density at radius 1 is 1.00 bits per heavy atom. The number of phenols is 1. The minimum atomic E-state index is -2.08. The maximum atomic E-state index is 14.4. The first-order valence-electron chi connectivity index (χ1n) is 14.4. The summed E-state index contributed by atoms with van der Waals surface area (Å²) in [5.74, 6) is -7.44. The highest BCUT2D eigenvalue weighted by molar-refractivity contribution is 14.1. The van der Waals surface area contributed by atoms with Crippen LogP contribution in [0.5, 0.6) is 11.5 Å². The Morgan fingerprint density at radius 3 is 2.15 bits per heavy atom. The molecule has 2 aliphatic heterocycles. The van der Waals surface area contributed by atoms with Gasteiger partial charge in [0.1, 0.15) is 0 Å². The van der Waals surface area contributed by atoms with E-state index in [-0.39, 0.29) is 35.7 Å². The molecule has 6 unspecified atom stereocenters. The smallest absolute Gasteiger partial charge is 0.301 e. The fourth-order valence-corrected chi connectivity index (χ4v) is 9.39. The van der Waals surface area contributed by atoms with Crippen LogP contribution in [0.2, 0.25) is 0 Å². The number of methoxy groups -OCH3 is 1. The molecule has 2 aromatic carbocycles. The van der Waals surface area contributed by atoms with Crippen molar-refractivity contribution in [1.29, 1.82) is 0 Å². The van der Waals surface area contributed by atoms with E-state index in [9.17, 15) is 44.5 Å². The van der Waals surface area contributed by atoms with Gasteiger partial charge in [-0.25, -0.2) is 4.90 Å². The number of hydrogen-bond donors (Lipinski definition) is 1. The van der Waals surface area contributed by atoms with Gasteiger partial charge in [-0.05, 0) is 59.0 Å². The number of aromatic hydroxyl groups is 1. The standard InChI is InChI=1S/C30H26Cl2IN5O10/c1-34(2)23-18(37(44)45)9-13(10-19(23)38(46)47)36-25(40)15-6-5-14-16(21(15)26(36)41)11-29(31)27(42)35(3)28(43)30(29,32)22(14)12-7-17(33)24(39)20(8-12)48-4/h5,7-10,15-16,21-22,39H,6,11H2,1-4H3. The zero-order valence-electron chi connectivity index (χ0n) is 25.6. The number of nitrogens with zero attached hydrogens (tertiary/aromatic N) is 5. The van der Waals surface area contributed by atoms with E-state index in [2.05, 4.69) is 0 Å². The maximum Gasteiger partial charge on any atom is 0.301 e. The fourth-order valence-electron chi connectivity index (χ4n) is 7.74.